The SMILES string of the molecule is C[SiH](C)CCOC(=O)C1(CN)CC1. The van der Waals surface area contributed by atoms with E-state index in [1.54, 1.807) is 0 Å². The number of carbonyl (C=O) groups is 1. The lowest BCUT2D eigenvalue weighted by molar-refractivity contribution is -0.149. The van der Waals surface area contributed by atoms with Crippen molar-refractivity contribution < 1.29 is 9.53 Å². The lowest BCUT2D eigenvalue weighted by atomic mass is 10.1. The van der Waals surface area contributed by atoms with Crippen LogP contribution in [-0.4, -0.2) is 27.9 Å². The Morgan fingerprint density at radius 1 is 1.54 bits per heavy atom. The molecule has 0 aromatic rings. The summed E-state index contributed by atoms with van der Waals surface area (Å²) in [5.74, 6) is -0.0651. The highest BCUT2D eigenvalue weighted by atomic mass is 28.3. The van der Waals surface area contributed by atoms with Gasteiger partial charge in [0.05, 0.1) is 12.0 Å². The molecule has 1 aliphatic carbocycles. The van der Waals surface area contributed by atoms with Crippen LogP contribution in [0.1, 0.15) is 12.8 Å². The van der Waals surface area contributed by atoms with Crippen molar-refractivity contribution in [1.29, 1.82) is 0 Å². The second-order valence-electron chi connectivity index (χ2n) is 4.30. The number of ether oxygens (including phenoxy) is 1. The molecule has 0 bridgehead atoms. The summed E-state index contributed by atoms with van der Waals surface area (Å²) in [6, 6.07) is 1.08. The van der Waals surface area contributed by atoms with E-state index in [0.717, 1.165) is 18.9 Å². The first kappa shape index (κ1) is 10.7. The van der Waals surface area contributed by atoms with Crippen LogP contribution in [-0.2, 0) is 9.53 Å². The molecule has 1 aliphatic rings. The third-order valence-electron chi connectivity index (χ3n) is 2.61. The van der Waals surface area contributed by atoms with Crippen LogP contribution >= 0.6 is 0 Å². The number of rotatable bonds is 5. The van der Waals surface area contributed by atoms with Crippen molar-refractivity contribution >= 4 is 14.8 Å². The van der Waals surface area contributed by atoms with Crippen molar-refractivity contribution in [2.45, 2.75) is 32.0 Å². The summed E-state index contributed by atoms with van der Waals surface area (Å²) in [6.45, 7) is 5.56. The summed E-state index contributed by atoms with van der Waals surface area (Å²) in [5.41, 5.74) is 5.23. The zero-order chi connectivity index (χ0) is 9.90. The van der Waals surface area contributed by atoms with Gasteiger partial charge in [-0.2, -0.15) is 0 Å². The minimum absolute atomic E-state index is 0.0651. The van der Waals surface area contributed by atoms with Gasteiger partial charge < -0.3 is 10.5 Å². The maximum absolute atomic E-state index is 11.5. The maximum atomic E-state index is 11.5. The van der Waals surface area contributed by atoms with E-state index in [-0.39, 0.29) is 11.4 Å². The summed E-state index contributed by atoms with van der Waals surface area (Å²) < 4.78 is 5.19. The van der Waals surface area contributed by atoms with E-state index in [1.165, 1.54) is 0 Å². The highest BCUT2D eigenvalue weighted by molar-refractivity contribution is 6.55. The summed E-state index contributed by atoms with van der Waals surface area (Å²) >= 11 is 0. The largest absolute Gasteiger partial charge is 0.466 e. The fraction of sp³-hybridized carbons (Fsp3) is 0.889. The fourth-order valence-corrected chi connectivity index (χ4v) is 1.77. The summed E-state index contributed by atoms with van der Waals surface area (Å²) in [4.78, 5) is 11.5. The molecule has 1 rings (SSSR count). The molecule has 3 nitrogen and oxygen atoms in total. The lowest BCUT2D eigenvalue weighted by Gasteiger charge is -2.12. The molecule has 13 heavy (non-hydrogen) atoms. The van der Waals surface area contributed by atoms with Gasteiger partial charge in [0.2, 0.25) is 0 Å². The molecule has 0 spiro atoms. The Labute approximate surface area is 81.2 Å². The smallest absolute Gasteiger partial charge is 0.313 e. The molecule has 0 unspecified atom stereocenters. The van der Waals surface area contributed by atoms with Crippen molar-refractivity contribution in [1.82, 2.24) is 0 Å². The van der Waals surface area contributed by atoms with Crippen molar-refractivity contribution in [3.63, 3.8) is 0 Å². The molecule has 0 aliphatic heterocycles. The van der Waals surface area contributed by atoms with Crippen LogP contribution in [0.15, 0.2) is 0 Å². The van der Waals surface area contributed by atoms with Crippen LogP contribution in [0.3, 0.4) is 0 Å². The molecular weight excluding hydrogens is 182 g/mol. The highest BCUT2D eigenvalue weighted by Gasteiger charge is 2.50. The minimum atomic E-state index is -0.580. The Balaban J connectivity index is 2.18. The van der Waals surface area contributed by atoms with E-state index in [0.29, 0.717) is 13.2 Å². The van der Waals surface area contributed by atoms with Crippen molar-refractivity contribution in [2.24, 2.45) is 11.1 Å². The monoisotopic (exact) mass is 201 g/mol. The first-order valence-electron chi connectivity index (χ1n) is 4.98. The highest BCUT2D eigenvalue weighted by Crippen LogP contribution is 2.45. The van der Waals surface area contributed by atoms with E-state index in [2.05, 4.69) is 13.1 Å². The van der Waals surface area contributed by atoms with Gasteiger partial charge in [0.25, 0.3) is 0 Å². The van der Waals surface area contributed by atoms with E-state index < -0.39 is 8.80 Å². The fourth-order valence-electron chi connectivity index (χ4n) is 1.18. The van der Waals surface area contributed by atoms with Gasteiger partial charge in [0.15, 0.2) is 0 Å². The molecule has 0 aromatic heterocycles. The Bertz CT molecular complexity index is 190. The van der Waals surface area contributed by atoms with Crippen LogP contribution in [0.2, 0.25) is 19.1 Å². The zero-order valence-corrected chi connectivity index (χ0v) is 9.66. The van der Waals surface area contributed by atoms with E-state index in [4.69, 9.17) is 10.5 Å². The average molecular weight is 201 g/mol. The number of carbonyl (C=O) groups excluding carboxylic acids is 1. The lowest BCUT2D eigenvalue weighted by Crippen LogP contribution is -2.27. The van der Waals surface area contributed by atoms with Gasteiger partial charge in [-0.25, -0.2) is 0 Å². The van der Waals surface area contributed by atoms with Gasteiger partial charge >= 0.3 is 5.97 Å². The second kappa shape index (κ2) is 4.24. The number of hydrogen-bond donors (Lipinski definition) is 1. The Kier molecular flexibility index (Phi) is 3.50. The van der Waals surface area contributed by atoms with Gasteiger partial charge in [-0.3, -0.25) is 4.79 Å². The number of nitrogens with two attached hydrogens (primary N) is 1. The van der Waals surface area contributed by atoms with E-state index >= 15 is 0 Å². The van der Waals surface area contributed by atoms with Crippen molar-refractivity contribution in [2.75, 3.05) is 13.2 Å². The molecule has 0 heterocycles. The molecule has 0 amide bonds. The zero-order valence-electron chi connectivity index (χ0n) is 8.51. The van der Waals surface area contributed by atoms with Crippen LogP contribution in [0.4, 0.5) is 0 Å². The van der Waals surface area contributed by atoms with Crippen LogP contribution < -0.4 is 5.73 Å². The number of hydrogen-bond acceptors (Lipinski definition) is 3. The molecule has 0 atom stereocenters. The average Bonchev–Trinajstić information content (AvgIpc) is 2.83. The molecule has 4 heteroatoms. The van der Waals surface area contributed by atoms with Crippen LogP contribution in [0, 0.1) is 5.41 Å². The predicted octanol–water partition coefficient (Wildman–Crippen LogP) is 0.755. The van der Waals surface area contributed by atoms with Gasteiger partial charge in [-0.1, -0.05) is 13.1 Å². The topological polar surface area (TPSA) is 52.3 Å². The van der Waals surface area contributed by atoms with Crippen LogP contribution in [0.5, 0.6) is 0 Å². The third kappa shape index (κ3) is 2.81. The minimum Gasteiger partial charge on any atom is -0.466 e. The molecular formula is C9H19NO2Si. The molecule has 1 saturated carbocycles. The summed E-state index contributed by atoms with van der Waals surface area (Å²) in [7, 11) is -0.580. The van der Waals surface area contributed by atoms with E-state index in [9.17, 15) is 4.79 Å². The Hall–Kier alpha value is -0.353. The van der Waals surface area contributed by atoms with Gasteiger partial charge in [0, 0.05) is 15.3 Å². The van der Waals surface area contributed by atoms with Crippen molar-refractivity contribution in [3.8, 4) is 0 Å². The predicted molar refractivity (Wildman–Crippen MR) is 55.4 cm³/mol. The Morgan fingerprint density at radius 3 is 2.54 bits per heavy atom. The molecule has 2 N–H and O–H groups in total. The van der Waals surface area contributed by atoms with E-state index in [1.807, 2.05) is 0 Å². The summed E-state index contributed by atoms with van der Waals surface area (Å²) in [5, 5.41) is 0. The first-order chi connectivity index (χ1) is 6.10. The van der Waals surface area contributed by atoms with Crippen molar-refractivity contribution in [3.05, 3.63) is 0 Å². The van der Waals surface area contributed by atoms with Gasteiger partial charge in [-0.15, -0.1) is 0 Å². The Morgan fingerprint density at radius 2 is 2.15 bits per heavy atom. The molecule has 1 fully saturated rings. The quantitative estimate of drug-likeness (QED) is 0.527. The summed E-state index contributed by atoms with van der Waals surface area (Å²) in [6.07, 6.45) is 1.84. The number of esters is 1. The molecule has 76 valence electrons. The van der Waals surface area contributed by atoms with Crippen LogP contribution in [0.25, 0.3) is 0 Å². The molecule has 0 saturated heterocycles. The normalized spacial score (nSPS) is 18.8. The molecule has 0 aromatic carbocycles. The third-order valence-corrected chi connectivity index (χ3v) is 4.00. The van der Waals surface area contributed by atoms with Gasteiger partial charge in [0.1, 0.15) is 0 Å². The first-order valence-corrected chi connectivity index (χ1v) is 8.10. The second-order valence-corrected chi connectivity index (χ2v) is 7.67. The standard InChI is InChI=1S/C9H19NO2Si/c1-13(2)6-5-12-8(11)9(7-10)3-4-9/h13H,3-7,10H2,1-2H3. The molecule has 0 radical (unpaired) electrons. The van der Waals surface area contributed by atoms with Gasteiger partial charge in [-0.05, 0) is 18.9 Å². The maximum Gasteiger partial charge on any atom is 0.313 e.